The quantitative estimate of drug-likeness (QED) is 0.0557. The van der Waals surface area contributed by atoms with Crippen molar-refractivity contribution in [1.82, 2.24) is 10.2 Å². The fourth-order valence-electron chi connectivity index (χ4n) is 11.1. The number of carbonyl (C=O) groups is 7. The molecule has 17 heteroatoms. The van der Waals surface area contributed by atoms with Gasteiger partial charge in [0, 0.05) is 98.3 Å². The predicted octanol–water partition coefficient (Wildman–Crippen LogP) is 9.31. The van der Waals surface area contributed by atoms with Gasteiger partial charge < -0.3 is 40.0 Å². The number of ether oxygens (including phenoxy) is 3. The fourth-order valence-corrected chi connectivity index (χ4v) is 11.1. The number of nitrogens with one attached hydrogen (secondary N) is 3. The summed E-state index contributed by atoms with van der Waals surface area (Å²) < 4.78 is 18.7. The summed E-state index contributed by atoms with van der Waals surface area (Å²) >= 11 is 0. The number of nitrogens with zero attached hydrogens (tertiary/aromatic N) is 4. The van der Waals surface area contributed by atoms with E-state index in [-0.39, 0.29) is 73.3 Å². The molecule has 0 aliphatic carbocycles. The van der Waals surface area contributed by atoms with Gasteiger partial charge in [-0.25, -0.2) is 0 Å². The number of aryl methyl sites for hydroxylation is 1. The molecule has 5 aliphatic rings. The largest absolute Gasteiger partial charge is 0.493 e. The molecule has 0 bridgehead atoms. The number of benzene rings is 5. The van der Waals surface area contributed by atoms with E-state index < -0.39 is 17.9 Å². The SMILES string of the molecule is C=C1C=CC(=O)N1CCCC(=O)CCCCC(=O)N[C@@H](C)C(=O)C[C@@H](C)C(=O)Nc1cc(COc2cc3c(cc2C)C(=O)N2c4ccccc4C[C@H]2CN3)cc(COc2cc3c(cc2OC)C(=O)N2c4ccccc4C[C@H]2C=N3)c1. The minimum absolute atomic E-state index is 0.00875. The predicted molar refractivity (Wildman–Crippen MR) is 305 cm³/mol. The van der Waals surface area contributed by atoms with Crippen LogP contribution in [0.25, 0.3) is 0 Å². The summed E-state index contributed by atoms with van der Waals surface area (Å²) in [6.07, 6.45) is 8.46. The van der Waals surface area contributed by atoms with Crippen LogP contribution in [0.5, 0.6) is 17.2 Å². The first-order valence-electron chi connectivity index (χ1n) is 27.3. The van der Waals surface area contributed by atoms with Gasteiger partial charge >= 0.3 is 0 Å². The molecule has 0 spiro atoms. The number of anilines is 4. The van der Waals surface area contributed by atoms with Gasteiger partial charge in [0.05, 0.1) is 47.7 Å². The lowest BCUT2D eigenvalue weighted by molar-refractivity contribution is -0.129. The third-order valence-electron chi connectivity index (χ3n) is 15.4. The van der Waals surface area contributed by atoms with Gasteiger partial charge in [0.25, 0.3) is 17.7 Å². The van der Waals surface area contributed by atoms with Crippen LogP contribution in [0.2, 0.25) is 0 Å². The first-order valence-corrected chi connectivity index (χ1v) is 27.3. The maximum absolute atomic E-state index is 14.1. The second kappa shape index (κ2) is 23.6. The molecule has 5 heterocycles. The number of unbranched alkanes of at least 4 members (excludes halogenated alkanes) is 1. The Hall–Kier alpha value is -8.86. The number of allylic oxidation sites excluding steroid dienone is 1. The van der Waals surface area contributed by atoms with Gasteiger partial charge in [0.15, 0.2) is 17.3 Å². The summed E-state index contributed by atoms with van der Waals surface area (Å²) in [4.78, 5) is 103. The Kier molecular flexibility index (Phi) is 16.1. The van der Waals surface area contributed by atoms with Crippen molar-refractivity contribution in [3.63, 3.8) is 0 Å². The van der Waals surface area contributed by atoms with Crippen LogP contribution in [0.4, 0.5) is 28.4 Å². The molecule has 5 aromatic rings. The standard InChI is InChI=1S/C63H65N7O10/c1-37-23-49-51(64-33-46-28-43-13-6-9-17-53(43)69(46)62(49)76)31-56(37)79-35-41-25-42(36-80-58-32-52-50(30-57(58)78-5)63(77)70-47(34-65-52)29-44-14-7-10-18-54(44)70)27-45(26-41)67-61(75)38(2)24-55(72)40(4)66-59(73)19-11-8-15-48(71)16-12-22-68-39(3)20-21-60(68)74/h6-7,9-10,13-14,17-18,20-21,23,25-27,30-32,34,38,40,46-47,64H,3,8,11-12,15-16,19,22,24,28-29,33,35-36H2,1-2,4-5H3,(H,66,73)(H,67,75)/t38-,40+,46+,47+/m1/s1. The van der Waals surface area contributed by atoms with E-state index in [9.17, 15) is 33.6 Å². The molecule has 0 unspecified atom stereocenters. The van der Waals surface area contributed by atoms with Crippen LogP contribution in [0.1, 0.15) is 107 Å². The highest BCUT2D eigenvalue weighted by molar-refractivity contribution is 6.15. The van der Waals surface area contributed by atoms with E-state index in [0.717, 1.165) is 34.5 Å². The van der Waals surface area contributed by atoms with Crippen molar-refractivity contribution < 1.29 is 47.8 Å². The molecule has 10 rings (SSSR count). The molecular formula is C63H65N7O10. The van der Waals surface area contributed by atoms with Crippen molar-refractivity contribution in [3.8, 4) is 17.2 Å². The zero-order chi connectivity index (χ0) is 56.2. The maximum Gasteiger partial charge on any atom is 0.261 e. The summed E-state index contributed by atoms with van der Waals surface area (Å²) in [6.45, 7) is 10.0. The van der Waals surface area contributed by atoms with Crippen molar-refractivity contribution in [3.05, 3.63) is 154 Å². The Morgan fingerprint density at radius 2 is 1.44 bits per heavy atom. The summed E-state index contributed by atoms with van der Waals surface area (Å²) in [5, 5.41) is 9.24. The molecule has 80 heavy (non-hydrogen) atoms. The summed E-state index contributed by atoms with van der Waals surface area (Å²) in [7, 11) is 1.51. The monoisotopic (exact) mass is 1080 g/mol. The molecule has 5 aliphatic heterocycles. The molecule has 0 radical (unpaired) electrons. The maximum atomic E-state index is 14.1. The van der Waals surface area contributed by atoms with Gasteiger partial charge in [-0.05, 0) is 116 Å². The van der Waals surface area contributed by atoms with E-state index in [4.69, 9.17) is 19.2 Å². The second-order valence-corrected chi connectivity index (χ2v) is 21.2. The Bertz CT molecular complexity index is 3390. The average Bonchev–Trinajstić information content (AvgIpc) is 4.20. The minimum atomic E-state index is -0.845. The smallest absolute Gasteiger partial charge is 0.261 e. The van der Waals surface area contributed by atoms with Crippen molar-refractivity contribution in [2.45, 2.75) is 110 Å². The number of rotatable bonds is 22. The zero-order valence-electron chi connectivity index (χ0n) is 45.5. The number of aliphatic imine (C=N–C) groups is 1. The molecular weight excluding hydrogens is 1010 g/mol. The Labute approximate surface area is 465 Å². The highest BCUT2D eigenvalue weighted by atomic mass is 16.5. The zero-order valence-corrected chi connectivity index (χ0v) is 45.5. The highest BCUT2D eigenvalue weighted by Crippen LogP contribution is 2.42. The average molecular weight is 1080 g/mol. The molecule has 412 valence electrons. The number of fused-ring (bicyclic) bond motifs is 8. The number of methoxy groups -OCH3 is 1. The van der Waals surface area contributed by atoms with Gasteiger partial charge in [0.2, 0.25) is 11.8 Å². The van der Waals surface area contributed by atoms with E-state index in [0.29, 0.717) is 114 Å². The van der Waals surface area contributed by atoms with E-state index in [1.54, 1.807) is 60.2 Å². The molecule has 0 fully saturated rings. The van der Waals surface area contributed by atoms with Crippen molar-refractivity contribution in [1.29, 1.82) is 0 Å². The number of carbonyl (C=O) groups excluding carboxylic acids is 7. The van der Waals surface area contributed by atoms with Crippen LogP contribution >= 0.6 is 0 Å². The molecule has 4 atom stereocenters. The van der Waals surface area contributed by atoms with E-state index >= 15 is 0 Å². The fraction of sp³-hybridized carbons (Fsp3) is 0.333. The lowest BCUT2D eigenvalue weighted by Gasteiger charge is -2.22. The first kappa shape index (κ1) is 54.5. The van der Waals surface area contributed by atoms with Crippen LogP contribution in [0.3, 0.4) is 0 Å². The van der Waals surface area contributed by atoms with Crippen molar-refractivity contribution in [2.24, 2.45) is 10.9 Å². The Balaban J connectivity index is 0.795. The third-order valence-corrected chi connectivity index (χ3v) is 15.4. The molecule has 0 saturated carbocycles. The van der Waals surface area contributed by atoms with Gasteiger partial charge in [-0.3, -0.25) is 43.5 Å². The van der Waals surface area contributed by atoms with E-state index in [1.807, 2.05) is 72.5 Å². The molecule has 5 amide bonds. The Morgan fingerprint density at radius 3 is 2.16 bits per heavy atom. The minimum Gasteiger partial charge on any atom is -0.493 e. The lowest BCUT2D eigenvalue weighted by Crippen LogP contribution is -2.39. The van der Waals surface area contributed by atoms with E-state index in [1.165, 1.54) is 13.2 Å². The van der Waals surface area contributed by atoms with Gasteiger partial charge in [-0.2, -0.15) is 0 Å². The van der Waals surface area contributed by atoms with Crippen LogP contribution in [-0.4, -0.2) is 90.5 Å². The summed E-state index contributed by atoms with van der Waals surface area (Å²) in [5.74, 6) is -0.912. The summed E-state index contributed by atoms with van der Waals surface area (Å²) in [6, 6.07) is 27.3. The van der Waals surface area contributed by atoms with E-state index in [2.05, 4.69) is 28.6 Å². The number of Topliss-reactive ketones (excluding diaryl/α,β-unsaturated/α-hetero) is 2. The van der Waals surface area contributed by atoms with Crippen LogP contribution in [0.15, 0.2) is 120 Å². The first-order chi connectivity index (χ1) is 38.6. The third kappa shape index (κ3) is 11.8. The normalized spacial score (nSPS) is 17.2. The van der Waals surface area contributed by atoms with Crippen LogP contribution < -0.4 is 40.0 Å². The number of para-hydroxylation sites is 2. The van der Waals surface area contributed by atoms with Crippen LogP contribution in [0, 0.1) is 12.8 Å². The second-order valence-electron chi connectivity index (χ2n) is 21.2. The number of ketones is 2. The summed E-state index contributed by atoms with van der Waals surface area (Å²) in [5.41, 5.74) is 9.21. The Morgan fingerprint density at radius 1 is 0.762 bits per heavy atom. The van der Waals surface area contributed by atoms with Crippen LogP contribution in [-0.2, 0) is 50.0 Å². The lowest BCUT2D eigenvalue weighted by atomic mass is 9.99. The molecule has 3 N–H and O–H groups in total. The topological polar surface area (TPSA) is 205 Å². The number of hydrogen-bond donors (Lipinski definition) is 3. The molecule has 0 aromatic heterocycles. The van der Waals surface area contributed by atoms with Gasteiger partial charge in [0.1, 0.15) is 24.7 Å². The molecule has 0 saturated heterocycles. The van der Waals surface area contributed by atoms with Crippen molar-refractivity contribution >= 4 is 75.8 Å². The number of amides is 5. The molecule has 5 aromatic carbocycles. The van der Waals surface area contributed by atoms with Gasteiger partial charge in [-0.15, -0.1) is 0 Å². The van der Waals surface area contributed by atoms with Crippen molar-refractivity contribution in [2.75, 3.05) is 40.6 Å². The highest BCUT2D eigenvalue weighted by Gasteiger charge is 2.39. The van der Waals surface area contributed by atoms with Gasteiger partial charge in [-0.1, -0.05) is 49.9 Å². The molecule has 17 nitrogen and oxygen atoms in total. The number of hydrogen-bond acceptors (Lipinski definition) is 12.